The zero-order valence-electron chi connectivity index (χ0n) is 13.4. The third-order valence-electron chi connectivity index (χ3n) is 4.61. The van der Waals surface area contributed by atoms with Crippen LogP contribution in [0.25, 0.3) is 0 Å². The lowest BCUT2D eigenvalue weighted by molar-refractivity contribution is 0.340. The summed E-state index contributed by atoms with van der Waals surface area (Å²) in [5.41, 5.74) is 8.18. The van der Waals surface area contributed by atoms with Crippen LogP contribution in [0.15, 0.2) is 12.1 Å². The molecule has 1 fully saturated rings. The van der Waals surface area contributed by atoms with Gasteiger partial charge < -0.3 is 10.6 Å². The van der Waals surface area contributed by atoms with E-state index in [4.69, 9.17) is 10.7 Å². The molecule has 3 nitrogen and oxygen atoms in total. The molecular weight excluding hydrogens is 246 g/mol. The van der Waals surface area contributed by atoms with Crippen molar-refractivity contribution in [2.45, 2.75) is 65.0 Å². The zero-order valence-corrected chi connectivity index (χ0v) is 13.4. The highest BCUT2D eigenvalue weighted by molar-refractivity contribution is 5.43. The van der Waals surface area contributed by atoms with Crippen LogP contribution >= 0.6 is 0 Å². The molecule has 1 aromatic heterocycles. The standard InChI is InChI=1S/C17H29N3/c1-12(2)16-9-14(11-18)10-17(19-16)20(4)15-7-5-13(3)6-8-15/h9-10,12-13,15H,5-8,11,18H2,1-4H3. The van der Waals surface area contributed by atoms with Gasteiger partial charge in [-0.25, -0.2) is 4.98 Å². The smallest absolute Gasteiger partial charge is 0.129 e. The van der Waals surface area contributed by atoms with Crippen LogP contribution in [0, 0.1) is 5.92 Å². The molecule has 0 aromatic carbocycles. The van der Waals surface area contributed by atoms with Crippen LogP contribution in [0.2, 0.25) is 0 Å². The Morgan fingerprint density at radius 3 is 2.45 bits per heavy atom. The maximum absolute atomic E-state index is 5.84. The Morgan fingerprint density at radius 1 is 1.25 bits per heavy atom. The number of anilines is 1. The van der Waals surface area contributed by atoms with Crippen molar-refractivity contribution in [2.24, 2.45) is 11.7 Å². The van der Waals surface area contributed by atoms with Crippen LogP contribution in [0.5, 0.6) is 0 Å². The van der Waals surface area contributed by atoms with Crippen LogP contribution in [0.3, 0.4) is 0 Å². The van der Waals surface area contributed by atoms with Gasteiger partial charge in [0.25, 0.3) is 0 Å². The number of pyridine rings is 1. The molecule has 1 aliphatic rings. The molecule has 112 valence electrons. The van der Waals surface area contributed by atoms with E-state index < -0.39 is 0 Å². The molecule has 1 saturated carbocycles. The highest BCUT2D eigenvalue weighted by Gasteiger charge is 2.23. The first-order valence-electron chi connectivity index (χ1n) is 7.95. The molecule has 1 aliphatic carbocycles. The van der Waals surface area contributed by atoms with Gasteiger partial charge in [0.2, 0.25) is 0 Å². The van der Waals surface area contributed by atoms with Crippen LogP contribution in [0.4, 0.5) is 5.82 Å². The van der Waals surface area contributed by atoms with Gasteiger partial charge in [-0.15, -0.1) is 0 Å². The van der Waals surface area contributed by atoms with Gasteiger partial charge in [0, 0.05) is 25.3 Å². The zero-order chi connectivity index (χ0) is 14.7. The van der Waals surface area contributed by atoms with Crippen molar-refractivity contribution in [3.63, 3.8) is 0 Å². The van der Waals surface area contributed by atoms with Crippen molar-refractivity contribution in [3.8, 4) is 0 Å². The van der Waals surface area contributed by atoms with Gasteiger partial charge in [0.1, 0.15) is 5.82 Å². The molecule has 0 spiro atoms. The lowest BCUT2D eigenvalue weighted by Gasteiger charge is -2.34. The first-order chi connectivity index (χ1) is 9.51. The van der Waals surface area contributed by atoms with E-state index in [1.807, 2.05) is 0 Å². The average molecular weight is 275 g/mol. The summed E-state index contributed by atoms with van der Waals surface area (Å²) in [5, 5.41) is 0. The summed E-state index contributed by atoms with van der Waals surface area (Å²) in [4.78, 5) is 7.22. The second-order valence-electron chi connectivity index (χ2n) is 6.64. The van der Waals surface area contributed by atoms with Gasteiger partial charge in [-0.1, -0.05) is 20.8 Å². The molecule has 0 radical (unpaired) electrons. The summed E-state index contributed by atoms with van der Waals surface area (Å²) in [6, 6.07) is 4.93. The van der Waals surface area contributed by atoms with Crippen LogP contribution in [0.1, 0.15) is 63.6 Å². The van der Waals surface area contributed by atoms with E-state index in [1.54, 1.807) is 0 Å². The van der Waals surface area contributed by atoms with E-state index in [0.717, 1.165) is 17.4 Å². The average Bonchev–Trinajstić information content (AvgIpc) is 2.46. The van der Waals surface area contributed by atoms with Gasteiger partial charge >= 0.3 is 0 Å². The van der Waals surface area contributed by atoms with E-state index in [0.29, 0.717) is 18.5 Å². The van der Waals surface area contributed by atoms with Crippen LogP contribution in [-0.2, 0) is 6.54 Å². The molecule has 0 aliphatic heterocycles. The number of nitrogens with zero attached hydrogens (tertiary/aromatic N) is 2. The molecule has 0 amide bonds. The van der Waals surface area contributed by atoms with Gasteiger partial charge in [-0.2, -0.15) is 0 Å². The molecule has 0 bridgehead atoms. The van der Waals surface area contributed by atoms with E-state index in [9.17, 15) is 0 Å². The molecule has 0 saturated heterocycles. The fraction of sp³-hybridized carbons (Fsp3) is 0.706. The fourth-order valence-electron chi connectivity index (χ4n) is 3.01. The predicted molar refractivity (Wildman–Crippen MR) is 86.0 cm³/mol. The first kappa shape index (κ1) is 15.3. The molecule has 1 aromatic rings. The van der Waals surface area contributed by atoms with Gasteiger partial charge in [0.05, 0.1) is 0 Å². The largest absolute Gasteiger partial charge is 0.357 e. The maximum atomic E-state index is 5.84. The minimum atomic E-state index is 0.444. The van der Waals surface area contributed by atoms with E-state index in [2.05, 4.69) is 44.9 Å². The normalized spacial score (nSPS) is 23.1. The molecule has 20 heavy (non-hydrogen) atoms. The summed E-state index contributed by atoms with van der Waals surface area (Å²) in [7, 11) is 2.19. The third kappa shape index (κ3) is 3.51. The molecule has 2 rings (SSSR count). The summed E-state index contributed by atoms with van der Waals surface area (Å²) in [5.74, 6) is 2.42. The number of hydrogen-bond acceptors (Lipinski definition) is 3. The quantitative estimate of drug-likeness (QED) is 0.911. The SMILES string of the molecule is CC1CCC(N(C)c2cc(CN)cc(C(C)C)n2)CC1. The Balaban J connectivity index is 2.20. The minimum absolute atomic E-state index is 0.444. The van der Waals surface area contributed by atoms with Crippen molar-refractivity contribution < 1.29 is 0 Å². The third-order valence-corrected chi connectivity index (χ3v) is 4.61. The Labute approximate surface area is 123 Å². The fourth-order valence-corrected chi connectivity index (χ4v) is 3.01. The van der Waals surface area contributed by atoms with Gasteiger partial charge in [0.15, 0.2) is 0 Å². The maximum Gasteiger partial charge on any atom is 0.129 e. The summed E-state index contributed by atoms with van der Waals surface area (Å²) >= 11 is 0. The van der Waals surface area contributed by atoms with E-state index in [1.165, 1.54) is 31.2 Å². The second-order valence-corrected chi connectivity index (χ2v) is 6.64. The summed E-state index contributed by atoms with van der Waals surface area (Å²) in [6.45, 7) is 7.33. The molecule has 3 heteroatoms. The Morgan fingerprint density at radius 2 is 1.90 bits per heavy atom. The van der Waals surface area contributed by atoms with Crippen LogP contribution < -0.4 is 10.6 Å². The molecule has 0 atom stereocenters. The first-order valence-corrected chi connectivity index (χ1v) is 7.95. The van der Waals surface area contributed by atoms with E-state index in [-0.39, 0.29) is 0 Å². The highest BCUT2D eigenvalue weighted by Crippen LogP contribution is 2.29. The highest BCUT2D eigenvalue weighted by atomic mass is 15.2. The van der Waals surface area contributed by atoms with Crippen molar-refractivity contribution in [1.82, 2.24) is 4.98 Å². The number of aromatic nitrogens is 1. The van der Waals surface area contributed by atoms with Crippen LogP contribution in [-0.4, -0.2) is 18.1 Å². The minimum Gasteiger partial charge on any atom is -0.357 e. The number of rotatable bonds is 4. The van der Waals surface area contributed by atoms with Gasteiger partial charge in [-0.3, -0.25) is 0 Å². The Hall–Kier alpha value is -1.09. The predicted octanol–water partition coefficient (Wildman–Crippen LogP) is 3.68. The number of nitrogens with two attached hydrogens (primary N) is 1. The van der Waals surface area contributed by atoms with Crippen molar-refractivity contribution in [2.75, 3.05) is 11.9 Å². The molecular formula is C17H29N3. The monoisotopic (exact) mass is 275 g/mol. The molecule has 0 unspecified atom stereocenters. The van der Waals surface area contributed by atoms with Gasteiger partial charge in [-0.05, 0) is 55.2 Å². The summed E-state index contributed by atoms with van der Waals surface area (Å²) in [6.07, 6.45) is 5.23. The topological polar surface area (TPSA) is 42.1 Å². The van der Waals surface area contributed by atoms with Crippen molar-refractivity contribution in [1.29, 1.82) is 0 Å². The van der Waals surface area contributed by atoms with E-state index >= 15 is 0 Å². The lowest BCUT2D eigenvalue weighted by atomic mass is 9.87. The van der Waals surface area contributed by atoms with Crippen molar-refractivity contribution in [3.05, 3.63) is 23.4 Å². The lowest BCUT2D eigenvalue weighted by Crippen LogP contribution is -2.35. The second kappa shape index (κ2) is 6.57. The molecule has 2 N–H and O–H groups in total. The summed E-state index contributed by atoms with van der Waals surface area (Å²) < 4.78 is 0. The number of hydrogen-bond donors (Lipinski definition) is 1. The molecule has 1 heterocycles. The van der Waals surface area contributed by atoms with Crippen molar-refractivity contribution >= 4 is 5.82 Å². The Bertz CT molecular complexity index is 434. The Kier molecular flexibility index (Phi) is 5.03.